The maximum absolute atomic E-state index is 12.1. The quantitative estimate of drug-likeness (QED) is 0.674. The van der Waals surface area contributed by atoms with Crippen LogP contribution in [0.25, 0.3) is 0 Å². The van der Waals surface area contributed by atoms with Gasteiger partial charge in [-0.15, -0.1) is 0 Å². The Kier molecular flexibility index (Phi) is 5.69. The fraction of sp³-hybridized carbons (Fsp3) is 0.455. The lowest BCUT2D eigenvalue weighted by atomic mass is 10.0. The van der Waals surface area contributed by atoms with Crippen molar-refractivity contribution in [2.75, 3.05) is 19.0 Å². The standard InChI is InChI=1S/C22H26BrN3O2/c1-14(15-7-9-17(28-2)10-8-15)26-13-3-4-19(26)21-18(23)11-12-20(24-21)25-22(27)16-5-6-16/h7-12,14,16,19H,3-6,13H2,1-2H3,(H,24,25,27)/t14-,19+/m1/s1. The summed E-state index contributed by atoms with van der Waals surface area (Å²) in [6, 6.07) is 12.7. The van der Waals surface area contributed by atoms with E-state index in [9.17, 15) is 4.79 Å². The van der Waals surface area contributed by atoms with E-state index in [1.807, 2.05) is 24.3 Å². The van der Waals surface area contributed by atoms with Gasteiger partial charge in [0.2, 0.25) is 5.91 Å². The zero-order valence-corrected chi connectivity index (χ0v) is 17.9. The van der Waals surface area contributed by atoms with Crippen LogP contribution >= 0.6 is 15.9 Å². The number of hydrogen-bond donors (Lipinski definition) is 1. The van der Waals surface area contributed by atoms with Crippen LogP contribution in [-0.2, 0) is 4.79 Å². The molecule has 1 saturated carbocycles. The van der Waals surface area contributed by atoms with Gasteiger partial charge in [-0.05, 0) is 84.9 Å². The molecule has 28 heavy (non-hydrogen) atoms. The molecule has 1 aromatic carbocycles. The van der Waals surface area contributed by atoms with Crippen molar-refractivity contribution in [1.29, 1.82) is 0 Å². The van der Waals surface area contributed by atoms with Gasteiger partial charge in [0.05, 0.1) is 18.8 Å². The van der Waals surface area contributed by atoms with Crippen molar-refractivity contribution < 1.29 is 9.53 Å². The summed E-state index contributed by atoms with van der Waals surface area (Å²) in [5, 5.41) is 2.98. The zero-order valence-electron chi connectivity index (χ0n) is 16.3. The largest absolute Gasteiger partial charge is 0.497 e. The molecule has 2 heterocycles. The summed E-state index contributed by atoms with van der Waals surface area (Å²) in [6.45, 7) is 3.28. The van der Waals surface area contributed by atoms with E-state index in [0.29, 0.717) is 5.82 Å². The monoisotopic (exact) mass is 443 g/mol. The second-order valence-corrected chi connectivity index (χ2v) is 8.53. The lowest BCUT2D eigenvalue weighted by Crippen LogP contribution is -2.27. The molecule has 2 aromatic rings. The van der Waals surface area contributed by atoms with E-state index in [1.54, 1.807) is 7.11 Å². The van der Waals surface area contributed by atoms with Gasteiger partial charge in [-0.25, -0.2) is 4.98 Å². The second-order valence-electron chi connectivity index (χ2n) is 7.67. The average Bonchev–Trinajstić information content (AvgIpc) is 3.46. The molecule has 1 N–H and O–H groups in total. The first kappa shape index (κ1) is 19.4. The van der Waals surface area contributed by atoms with E-state index in [4.69, 9.17) is 9.72 Å². The number of rotatable bonds is 6. The number of benzene rings is 1. The van der Waals surface area contributed by atoms with Gasteiger partial charge in [0.1, 0.15) is 11.6 Å². The van der Waals surface area contributed by atoms with Gasteiger partial charge in [0.15, 0.2) is 0 Å². The summed E-state index contributed by atoms with van der Waals surface area (Å²) in [6.07, 6.45) is 4.18. The number of nitrogens with one attached hydrogen (secondary N) is 1. The molecule has 0 radical (unpaired) electrons. The summed E-state index contributed by atoms with van der Waals surface area (Å²) in [7, 11) is 1.69. The Balaban J connectivity index is 1.55. The van der Waals surface area contributed by atoms with E-state index in [2.05, 4.69) is 45.2 Å². The molecule has 2 atom stereocenters. The van der Waals surface area contributed by atoms with Crippen LogP contribution in [0, 0.1) is 5.92 Å². The molecule has 0 unspecified atom stereocenters. The highest BCUT2D eigenvalue weighted by Crippen LogP contribution is 2.41. The van der Waals surface area contributed by atoms with Crippen molar-refractivity contribution in [2.24, 2.45) is 5.92 Å². The topological polar surface area (TPSA) is 54.5 Å². The molecule has 2 fully saturated rings. The number of hydrogen-bond acceptors (Lipinski definition) is 4. The Bertz CT molecular complexity index is 851. The molecule has 6 heteroatoms. The molecule has 2 aliphatic rings. The molecule has 1 aliphatic carbocycles. The minimum absolute atomic E-state index is 0.0932. The minimum atomic E-state index is 0.0932. The predicted molar refractivity (Wildman–Crippen MR) is 113 cm³/mol. The van der Waals surface area contributed by atoms with E-state index in [0.717, 1.165) is 48.1 Å². The lowest BCUT2D eigenvalue weighted by molar-refractivity contribution is -0.117. The molecule has 1 aromatic heterocycles. The normalized spacial score (nSPS) is 20.8. The van der Waals surface area contributed by atoms with E-state index in [1.165, 1.54) is 5.56 Å². The molecule has 1 amide bonds. The van der Waals surface area contributed by atoms with Gasteiger partial charge in [-0.1, -0.05) is 12.1 Å². The van der Waals surface area contributed by atoms with Gasteiger partial charge in [0, 0.05) is 16.4 Å². The number of carbonyl (C=O) groups excluding carboxylic acids is 1. The second kappa shape index (κ2) is 8.21. The zero-order chi connectivity index (χ0) is 19.7. The van der Waals surface area contributed by atoms with E-state index < -0.39 is 0 Å². The number of anilines is 1. The first-order chi connectivity index (χ1) is 13.6. The van der Waals surface area contributed by atoms with Gasteiger partial charge in [-0.3, -0.25) is 9.69 Å². The van der Waals surface area contributed by atoms with Crippen LogP contribution in [0.2, 0.25) is 0 Å². The van der Waals surface area contributed by atoms with Crippen molar-refractivity contribution in [3.63, 3.8) is 0 Å². The molecule has 1 aliphatic heterocycles. The number of aromatic nitrogens is 1. The minimum Gasteiger partial charge on any atom is -0.497 e. The first-order valence-electron chi connectivity index (χ1n) is 9.94. The first-order valence-corrected chi connectivity index (χ1v) is 10.7. The van der Waals surface area contributed by atoms with Crippen molar-refractivity contribution in [2.45, 2.75) is 44.7 Å². The highest BCUT2D eigenvalue weighted by molar-refractivity contribution is 9.10. The van der Waals surface area contributed by atoms with Crippen LogP contribution in [0.15, 0.2) is 40.9 Å². The molecule has 148 valence electrons. The van der Waals surface area contributed by atoms with Crippen LogP contribution in [0.1, 0.15) is 55.9 Å². The third-order valence-electron chi connectivity index (χ3n) is 5.78. The van der Waals surface area contributed by atoms with Gasteiger partial charge >= 0.3 is 0 Å². The van der Waals surface area contributed by atoms with Crippen LogP contribution in [0.5, 0.6) is 5.75 Å². The van der Waals surface area contributed by atoms with Crippen LogP contribution in [-0.4, -0.2) is 29.4 Å². The summed E-state index contributed by atoms with van der Waals surface area (Å²) < 4.78 is 6.28. The summed E-state index contributed by atoms with van der Waals surface area (Å²) in [5.41, 5.74) is 2.27. The Hall–Kier alpha value is -1.92. The Morgan fingerprint density at radius 1 is 1.21 bits per heavy atom. The fourth-order valence-electron chi connectivity index (χ4n) is 3.96. The van der Waals surface area contributed by atoms with E-state index in [-0.39, 0.29) is 23.9 Å². The van der Waals surface area contributed by atoms with Crippen LogP contribution in [0.3, 0.4) is 0 Å². The Morgan fingerprint density at radius 3 is 2.64 bits per heavy atom. The Labute approximate surface area is 174 Å². The molecule has 0 spiro atoms. The number of nitrogens with zero attached hydrogens (tertiary/aromatic N) is 2. The maximum Gasteiger partial charge on any atom is 0.228 e. The number of pyridine rings is 1. The van der Waals surface area contributed by atoms with Gasteiger partial charge in [-0.2, -0.15) is 0 Å². The van der Waals surface area contributed by atoms with Crippen molar-refractivity contribution in [3.05, 3.63) is 52.1 Å². The van der Waals surface area contributed by atoms with E-state index >= 15 is 0 Å². The van der Waals surface area contributed by atoms with Crippen LogP contribution in [0.4, 0.5) is 5.82 Å². The molecule has 1 saturated heterocycles. The molecule has 4 rings (SSSR count). The van der Waals surface area contributed by atoms with Crippen molar-refractivity contribution >= 4 is 27.7 Å². The smallest absolute Gasteiger partial charge is 0.228 e. The van der Waals surface area contributed by atoms with Gasteiger partial charge < -0.3 is 10.1 Å². The molecule has 0 bridgehead atoms. The van der Waals surface area contributed by atoms with Gasteiger partial charge in [0.25, 0.3) is 0 Å². The van der Waals surface area contributed by atoms with Crippen LogP contribution < -0.4 is 10.1 Å². The third-order valence-corrected chi connectivity index (χ3v) is 6.45. The average molecular weight is 444 g/mol. The number of carbonyl (C=O) groups is 1. The number of amides is 1. The molecule has 5 nitrogen and oxygen atoms in total. The highest BCUT2D eigenvalue weighted by atomic mass is 79.9. The number of likely N-dealkylation sites (tertiary alicyclic amines) is 1. The van der Waals surface area contributed by atoms with Crippen molar-refractivity contribution in [1.82, 2.24) is 9.88 Å². The number of methoxy groups -OCH3 is 1. The van der Waals surface area contributed by atoms with Crippen molar-refractivity contribution in [3.8, 4) is 5.75 Å². The maximum atomic E-state index is 12.1. The predicted octanol–water partition coefficient (Wildman–Crippen LogP) is 5.10. The number of ether oxygens (including phenoxy) is 1. The molecular formula is C22H26BrN3O2. The third kappa shape index (κ3) is 4.08. The molecular weight excluding hydrogens is 418 g/mol. The SMILES string of the molecule is COc1ccc([C@@H](C)N2CCC[C@H]2c2nc(NC(=O)C3CC3)ccc2Br)cc1. The summed E-state index contributed by atoms with van der Waals surface area (Å²) >= 11 is 3.68. The summed E-state index contributed by atoms with van der Waals surface area (Å²) in [4.78, 5) is 19.4. The lowest BCUT2D eigenvalue weighted by Gasteiger charge is -2.31. The summed E-state index contributed by atoms with van der Waals surface area (Å²) in [5.74, 6) is 1.79. The highest BCUT2D eigenvalue weighted by Gasteiger charge is 2.33. The fourth-order valence-corrected chi connectivity index (χ4v) is 4.44. The number of halogens is 1. The Morgan fingerprint density at radius 2 is 1.96 bits per heavy atom.